The van der Waals surface area contributed by atoms with Gasteiger partial charge in [0, 0.05) is 12.6 Å². The normalized spacial score (nSPS) is 11.2. The van der Waals surface area contributed by atoms with Crippen LogP contribution in [0.5, 0.6) is 0 Å². The number of nitrogens with one attached hydrogen (secondary N) is 1. The molecule has 0 unspecified atom stereocenters. The van der Waals surface area contributed by atoms with Gasteiger partial charge < -0.3 is 10.2 Å². The number of halogens is 1. The monoisotopic (exact) mass is 288 g/mol. The van der Waals surface area contributed by atoms with E-state index in [4.69, 9.17) is 11.6 Å². The average molecular weight is 289 g/mol. The van der Waals surface area contributed by atoms with Crippen LogP contribution in [0.25, 0.3) is 0 Å². The molecule has 1 aromatic heterocycles. The molecule has 0 bridgehead atoms. The quantitative estimate of drug-likeness (QED) is 0.928. The van der Waals surface area contributed by atoms with Crippen molar-refractivity contribution in [3.05, 3.63) is 21.3 Å². The second-order valence-electron chi connectivity index (χ2n) is 5.06. The summed E-state index contributed by atoms with van der Waals surface area (Å²) < 4.78 is 0. The van der Waals surface area contributed by atoms with Crippen molar-refractivity contribution in [2.45, 2.75) is 26.3 Å². The van der Waals surface area contributed by atoms with Crippen LogP contribution in [0.15, 0.2) is 11.4 Å². The molecule has 0 aromatic carbocycles. The van der Waals surface area contributed by atoms with Crippen LogP contribution < -0.4 is 5.32 Å². The third-order valence-electron chi connectivity index (χ3n) is 2.05. The number of carbonyl (C=O) groups is 2. The van der Waals surface area contributed by atoms with Crippen molar-refractivity contribution in [2.24, 2.45) is 0 Å². The van der Waals surface area contributed by atoms with E-state index in [0.29, 0.717) is 9.90 Å². The van der Waals surface area contributed by atoms with E-state index in [1.165, 1.54) is 16.2 Å². The summed E-state index contributed by atoms with van der Waals surface area (Å²) >= 11 is 7.16. The molecule has 4 nitrogen and oxygen atoms in total. The Hall–Kier alpha value is -1.07. The van der Waals surface area contributed by atoms with Crippen molar-refractivity contribution in [3.8, 4) is 0 Å². The van der Waals surface area contributed by atoms with Gasteiger partial charge >= 0.3 is 0 Å². The van der Waals surface area contributed by atoms with Crippen LogP contribution in [0.1, 0.15) is 30.4 Å². The minimum atomic E-state index is -0.304. The number of rotatable bonds is 3. The second-order valence-corrected chi connectivity index (χ2v) is 6.38. The van der Waals surface area contributed by atoms with Gasteiger partial charge in [-0.05, 0) is 32.2 Å². The minimum absolute atomic E-state index is 0.0182. The molecular weight excluding hydrogens is 272 g/mol. The summed E-state index contributed by atoms with van der Waals surface area (Å²) in [5.74, 6) is -0.426. The molecule has 0 aliphatic heterocycles. The van der Waals surface area contributed by atoms with Gasteiger partial charge in [-0.3, -0.25) is 9.59 Å². The van der Waals surface area contributed by atoms with Gasteiger partial charge in [0.25, 0.3) is 5.91 Å². The average Bonchev–Trinajstić information content (AvgIpc) is 2.60. The Kier molecular flexibility index (Phi) is 4.76. The van der Waals surface area contributed by atoms with E-state index in [0.717, 1.165) is 0 Å². The highest BCUT2D eigenvalue weighted by molar-refractivity contribution is 7.12. The number of carbonyl (C=O) groups excluding carboxylic acids is 2. The van der Waals surface area contributed by atoms with E-state index < -0.39 is 0 Å². The summed E-state index contributed by atoms with van der Waals surface area (Å²) in [7, 11) is 1.58. The van der Waals surface area contributed by atoms with Crippen molar-refractivity contribution in [2.75, 3.05) is 13.6 Å². The molecule has 1 heterocycles. The predicted molar refractivity (Wildman–Crippen MR) is 74.2 cm³/mol. The largest absolute Gasteiger partial charge is 0.350 e. The number of thiophene rings is 1. The number of hydrogen-bond acceptors (Lipinski definition) is 3. The lowest BCUT2D eigenvalue weighted by Gasteiger charge is -2.23. The van der Waals surface area contributed by atoms with Gasteiger partial charge in [-0.25, -0.2) is 0 Å². The zero-order valence-electron chi connectivity index (χ0n) is 10.9. The Morgan fingerprint density at radius 1 is 1.44 bits per heavy atom. The fourth-order valence-electron chi connectivity index (χ4n) is 1.36. The van der Waals surface area contributed by atoms with Gasteiger partial charge in [0.15, 0.2) is 0 Å². The van der Waals surface area contributed by atoms with E-state index in [-0.39, 0.29) is 23.9 Å². The van der Waals surface area contributed by atoms with E-state index in [1.54, 1.807) is 18.5 Å². The summed E-state index contributed by atoms with van der Waals surface area (Å²) in [4.78, 5) is 25.5. The SMILES string of the molecule is CN(CC(=O)NC(C)(C)C)C(=O)c1sccc1Cl. The van der Waals surface area contributed by atoms with Crippen LogP contribution in [0, 0.1) is 0 Å². The van der Waals surface area contributed by atoms with Crippen LogP contribution in [0.3, 0.4) is 0 Å². The van der Waals surface area contributed by atoms with Crippen molar-refractivity contribution >= 4 is 34.8 Å². The van der Waals surface area contributed by atoms with Gasteiger partial charge in [0.05, 0.1) is 11.6 Å². The zero-order chi connectivity index (χ0) is 13.9. The van der Waals surface area contributed by atoms with Gasteiger partial charge in [0.1, 0.15) is 4.88 Å². The Morgan fingerprint density at radius 2 is 2.06 bits per heavy atom. The highest BCUT2D eigenvalue weighted by atomic mass is 35.5. The summed E-state index contributed by atoms with van der Waals surface area (Å²) in [5.41, 5.74) is -0.304. The molecule has 1 rings (SSSR count). The van der Waals surface area contributed by atoms with Gasteiger partial charge in [-0.15, -0.1) is 11.3 Å². The van der Waals surface area contributed by atoms with E-state index >= 15 is 0 Å². The highest BCUT2D eigenvalue weighted by Gasteiger charge is 2.20. The molecule has 0 saturated carbocycles. The standard InChI is InChI=1S/C12H17ClN2O2S/c1-12(2,3)14-9(16)7-15(4)11(17)10-8(13)5-6-18-10/h5-6H,7H2,1-4H3,(H,14,16). The van der Waals surface area contributed by atoms with Crippen molar-refractivity contribution in [1.82, 2.24) is 10.2 Å². The van der Waals surface area contributed by atoms with Crippen molar-refractivity contribution in [1.29, 1.82) is 0 Å². The molecule has 6 heteroatoms. The first kappa shape index (κ1) is 15.0. The predicted octanol–water partition coefficient (Wildman–Crippen LogP) is 2.39. The summed E-state index contributed by atoms with van der Waals surface area (Å²) in [6.45, 7) is 5.69. The van der Waals surface area contributed by atoms with Crippen LogP contribution >= 0.6 is 22.9 Å². The van der Waals surface area contributed by atoms with E-state index in [2.05, 4.69) is 5.32 Å². The summed E-state index contributed by atoms with van der Waals surface area (Å²) in [6.07, 6.45) is 0. The van der Waals surface area contributed by atoms with E-state index in [9.17, 15) is 9.59 Å². The number of amides is 2. The van der Waals surface area contributed by atoms with Gasteiger partial charge in [-0.2, -0.15) is 0 Å². The first-order chi connectivity index (χ1) is 8.20. The number of likely N-dealkylation sites (N-methyl/N-ethyl adjacent to an activating group) is 1. The van der Waals surface area contributed by atoms with Crippen LogP contribution in [-0.4, -0.2) is 35.8 Å². The molecule has 0 aliphatic carbocycles. The third-order valence-corrected chi connectivity index (χ3v) is 3.38. The molecule has 2 amide bonds. The van der Waals surface area contributed by atoms with Crippen LogP contribution in [0.4, 0.5) is 0 Å². The fourth-order valence-corrected chi connectivity index (χ4v) is 2.49. The van der Waals surface area contributed by atoms with Crippen molar-refractivity contribution < 1.29 is 9.59 Å². The Morgan fingerprint density at radius 3 is 2.50 bits per heavy atom. The second kappa shape index (κ2) is 5.71. The maximum Gasteiger partial charge on any atom is 0.265 e. The first-order valence-corrected chi connectivity index (χ1v) is 6.76. The maximum atomic E-state index is 12.0. The van der Waals surface area contributed by atoms with E-state index in [1.807, 2.05) is 20.8 Å². The highest BCUT2D eigenvalue weighted by Crippen LogP contribution is 2.23. The smallest absolute Gasteiger partial charge is 0.265 e. The molecular formula is C12H17ClN2O2S. The molecule has 0 saturated heterocycles. The van der Waals surface area contributed by atoms with Crippen LogP contribution in [-0.2, 0) is 4.79 Å². The Labute approximate surface area is 116 Å². The maximum absolute atomic E-state index is 12.0. The van der Waals surface area contributed by atoms with Crippen molar-refractivity contribution in [3.63, 3.8) is 0 Å². The Balaban J connectivity index is 2.61. The molecule has 1 N–H and O–H groups in total. The third kappa shape index (κ3) is 4.31. The molecule has 0 atom stereocenters. The topological polar surface area (TPSA) is 49.4 Å². The Bertz CT molecular complexity index is 451. The molecule has 0 spiro atoms. The minimum Gasteiger partial charge on any atom is -0.350 e. The lowest BCUT2D eigenvalue weighted by Crippen LogP contribution is -2.46. The number of hydrogen-bond donors (Lipinski definition) is 1. The molecule has 0 aliphatic rings. The summed E-state index contributed by atoms with van der Waals surface area (Å²) in [5, 5.41) is 4.98. The molecule has 18 heavy (non-hydrogen) atoms. The molecule has 0 radical (unpaired) electrons. The molecule has 100 valence electrons. The van der Waals surface area contributed by atoms with Gasteiger partial charge in [-0.1, -0.05) is 11.6 Å². The fraction of sp³-hybridized carbons (Fsp3) is 0.500. The molecule has 1 aromatic rings. The number of nitrogens with zero attached hydrogens (tertiary/aromatic N) is 1. The first-order valence-electron chi connectivity index (χ1n) is 5.50. The van der Waals surface area contributed by atoms with Gasteiger partial charge in [0.2, 0.25) is 5.91 Å². The summed E-state index contributed by atoms with van der Waals surface area (Å²) in [6, 6.07) is 1.67. The molecule has 0 fully saturated rings. The lowest BCUT2D eigenvalue weighted by molar-refractivity contribution is -0.122. The zero-order valence-corrected chi connectivity index (χ0v) is 12.5. The lowest BCUT2D eigenvalue weighted by atomic mass is 10.1. The van der Waals surface area contributed by atoms with Crippen LogP contribution in [0.2, 0.25) is 5.02 Å².